The van der Waals surface area contributed by atoms with Crippen LogP contribution in [0.25, 0.3) is 0 Å². The molecule has 2 N–H and O–H groups in total. The van der Waals surface area contributed by atoms with Gasteiger partial charge in [-0.3, -0.25) is 0 Å². The molecule has 0 atom stereocenters. The first-order chi connectivity index (χ1) is 9.44. The van der Waals surface area contributed by atoms with Crippen molar-refractivity contribution < 1.29 is 8.42 Å². The summed E-state index contributed by atoms with van der Waals surface area (Å²) < 4.78 is 26.4. The molecular weight excluding hydrogens is 292 g/mol. The van der Waals surface area contributed by atoms with Gasteiger partial charge in [0.15, 0.2) is 0 Å². The minimum Gasteiger partial charge on any atom is -0.317 e. The molecule has 6 heteroatoms. The minimum absolute atomic E-state index is 0.212. The van der Waals surface area contributed by atoms with Crippen LogP contribution in [0.2, 0.25) is 0 Å². The molecule has 0 radical (unpaired) electrons. The third-order valence-electron chi connectivity index (χ3n) is 3.13. The molecular formula is C14H26N2O2S2. The van der Waals surface area contributed by atoms with Crippen LogP contribution < -0.4 is 10.0 Å². The molecule has 1 aromatic rings. The number of thiophene rings is 1. The van der Waals surface area contributed by atoms with E-state index >= 15 is 0 Å². The summed E-state index contributed by atoms with van der Waals surface area (Å²) >= 11 is 1.66. The van der Waals surface area contributed by atoms with Gasteiger partial charge in [-0.25, -0.2) is 13.1 Å². The van der Waals surface area contributed by atoms with E-state index in [1.54, 1.807) is 11.3 Å². The van der Waals surface area contributed by atoms with Crippen molar-refractivity contribution in [2.45, 2.75) is 46.6 Å². The lowest BCUT2D eigenvalue weighted by molar-refractivity contribution is 0.573. The molecule has 0 saturated carbocycles. The van der Waals surface area contributed by atoms with E-state index in [1.807, 2.05) is 6.92 Å². The fourth-order valence-electron chi connectivity index (χ4n) is 1.83. The number of nitrogens with one attached hydrogen (secondary N) is 2. The molecule has 0 aliphatic heterocycles. The van der Waals surface area contributed by atoms with Crippen molar-refractivity contribution >= 4 is 21.4 Å². The molecule has 1 aromatic heterocycles. The van der Waals surface area contributed by atoms with E-state index in [1.165, 1.54) is 10.4 Å². The van der Waals surface area contributed by atoms with Crippen molar-refractivity contribution in [2.75, 3.05) is 18.8 Å². The van der Waals surface area contributed by atoms with Gasteiger partial charge in [-0.2, -0.15) is 0 Å². The molecule has 0 aliphatic carbocycles. The maximum absolute atomic E-state index is 11.9. The predicted octanol–water partition coefficient (Wildman–Crippen LogP) is 2.56. The highest BCUT2D eigenvalue weighted by atomic mass is 32.2. The third kappa shape index (κ3) is 6.83. The largest absolute Gasteiger partial charge is 0.317 e. The fraction of sp³-hybridized carbons (Fsp3) is 0.714. The molecule has 1 rings (SSSR count). The smallest absolute Gasteiger partial charge is 0.211 e. The number of hydrogen-bond donors (Lipinski definition) is 2. The molecule has 0 aliphatic rings. The first kappa shape index (κ1) is 17.6. The average Bonchev–Trinajstić information content (AvgIpc) is 2.71. The number of hydrogen-bond acceptors (Lipinski definition) is 4. The maximum Gasteiger partial charge on any atom is 0.211 e. The Kier molecular flexibility index (Phi) is 7.72. The normalized spacial score (nSPS) is 11.9. The van der Waals surface area contributed by atoms with Crippen LogP contribution >= 0.6 is 11.3 Å². The van der Waals surface area contributed by atoms with Crippen LogP contribution in [0, 0.1) is 13.8 Å². The summed E-state index contributed by atoms with van der Waals surface area (Å²) in [6, 6.07) is 2.05. The quantitative estimate of drug-likeness (QED) is 0.652. The second kappa shape index (κ2) is 8.77. The monoisotopic (exact) mass is 318 g/mol. The van der Waals surface area contributed by atoms with Gasteiger partial charge < -0.3 is 5.32 Å². The van der Waals surface area contributed by atoms with Gasteiger partial charge in [0.25, 0.3) is 0 Å². The van der Waals surface area contributed by atoms with Gasteiger partial charge >= 0.3 is 0 Å². The second-order valence-electron chi connectivity index (χ2n) is 5.05. The van der Waals surface area contributed by atoms with Crippen molar-refractivity contribution in [3.8, 4) is 0 Å². The van der Waals surface area contributed by atoms with E-state index in [9.17, 15) is 8.42 Å². The molecule has 0 spiro atoms. The van der Waals surface area contributed by atoms with Crippen LogP contribution in [0.4, 0.5) is 0 Å². The summed E-state index contributed by atoms with van der Waals surface area (Å²) in [6.45, 7) is 8.54. The molecule has 0 unspecified atom stereocenters. The Balaban J connectivity index is 2.24. The first-order valence-electron chi connectivity index (χ1n) is 7.18. The molecule has 0 amide bonds. The summed E-state index contributed by atoms with van der Waals surface area (Å²) in [4.78, 5) is 2.33. The van der Waals surface area contributed by atoms with Gasteiger partial charge in [0.1, 0.15) is 0 Å². The van der Waals surface area contributed by atoms with E-state index < -0.39 is 10.0 Å². The topological polar surface area (TPSA) is 58.2 Å². The Morgan fingerprint density at radius 2 is 1.95 bits per heavy atom. The lowest BCUT2D eigenvalue weighted by Crippen LogP contribution is -2.26. The van der Waals surface area contributed by atoms with Crippen LogP contribution in [-0.4, -0.2) is 27.3 Å². The summed E-state index contributed by atoms with van der Waals surface area (Å²) in [5, 5.41) is 3.27. The lowest BCUT2D eigenvalue weighted by Gasteiger charge is -2.06. The van der Waals surface area contributed by atoms with Crippen molar-refractivity contribution in [3.63, 3.8) is 0 Å². The number of sulfonamides is 1. The maximum atomic E-state index is 11.9. The van der Waals surface area contributed by atoms with Crippen LogP contribution in [0.15, 0.2) is 6.07 Å². The molecule has 20 heavy (non-hydrogen) atoms. The molecule has 116 valence electrons. The highest BCUT2D eigenvalue weighted by Crippen LogP contribution is 2.20. The van der Waals surface area contributed by atoms with Gasteiger partial charge in [0, 0.05) is 16.3 Å². The van der Waals surface area contributed by atoms with Crippen LogP contribution in [0.5, 0.6) is 0 Å². The minimum atomic E-state index is -3.15. The SMILES string of the molecule is CCCNCCCCS(=O)(=O)NCc1cc(C)c(C)s1. The van der Waals surface area contributed by atoms with Crippen molar-refractivity contribution in [2.24, 2.45) is 0 Å². The van der Waals surface area contributed by atoms with Crippen LogP contribution in [0.3, 0.4) is 0 Å². The number of unbranched alkanes of at least 4 members (excludes halogenated alkanes) is 1. The molecule has 0 bridgehead atoms. The van der Waals surface area contributed by atoms with Gasteiger partial charge in [0.2, 0.25) is 10.0 Å². The Morgan fingerprint density at radius 1 is 1.20 bits per heavy atom. The van der Waals surface area contributed by atoms with E-state index in [-0.39, 0.29) is 5.75 Å². The molecule has 0 saturated heterocycles. The van der Waals surface area contributed by atoms with Crippen molar-refractivity contribution in [3.05, 3.63) is 21.4 Å². The summed E-state index contributed by atoms with van der Waals surface area (Å²) in [5.41, 5.74) is 1.23. The number of rotatable bonds is 10. The molecule has 0 aromatic carbocycles. The van der Waals surface area contributed by atoms with Crippen LogP contribution in [-0.2, 0) is 16.6 Å². The number of aryl methyl sites for hydroxylation is 2. The van der Waals surface area contributed by atoms with Gasteiger partial charge in [-0.15, -0.1) is 11.3 Å². The van der Waals surface area contributed by atoms with Gasteiger partial charge in [-0.1, -0.05) is 6.92 Å². The zero-order valence-electron chi connectivity index (χ0n) is 12.7. The van der Waals surface area contributed by atoms with Crippen LogP contribution in [0.1, 0.15) is 41.5 Å². The lowest BCUT2D eigenvalue weighted by atomic mass is 10.3. The average molecular weight is 319 g/mol. The third-order valence-corrected chi connectivity index (χ3v) is 5.69. The zero-order valence-corrected chi connectivity index (χ0v) is 14.3. The first-order valence-corrected chi connectivity index (χ1v) is 9.65. The summed E-state index contributed by atoms with van der Waals surface area (Å²) in [6.07, 6.45) is 2.71. The Morgan fingerprint density at radius 3 is 2.55 bits per heavy atom. The predicted molar refractivity (Wildman–Crippen MR) is 86.8 cm³/mol. The molecule has 0 fully saturated rings. The van der Waals surface area contributed by atoms with Crippen molar-refractivity contribution in [1.29, 1.82) is 0 Å². The standard InChI is InChI=1S/C14H26N2O2S2/c1-4-7-15-8-5-6-9-20(17,18)16-11-14-10-12(2)13(3)19-14/h10,15-16H,4-9,11H2,1-3H3. The Labute approximate surface area is 127 Å². The zero-order chi connectivity index (χ0) is 15.0. The van der Waals surface area contributed by atoms with Crippen molar-refractivity contribution in [1.82, 2.24) is 10.0 Å². The Hall–Kier alpha value is -0.430. The second-order valence-corrected chi connectivity index (χ2v) is 8.32. The highest BCUT2D eigenvalue weighted by Gasteiger charge is 2.10. The molecule has 4 nitrogen and oxygen atoms in total. The Bertz CT molecular complexity index is 476. The fourth-order valence-corrected chi connectivity index (χ4v) is 4.02. The van der Waals surface area contributed by atoms with E-state index in [4.69, 9.17) is 0 Å². The highest BCUT2D eigenvalue weighted by molar-refractivity contribution is 7.89. The van der Waals surface area contributed by atoms with E-state index in [2.05, 4.69) is 30.0 Å². The summed E-state index contributed by atoms with van der Waals surface area (Å²) in [5.74, 6) is 0.212. The van der Waals surface area contributed by atoms with Gasteiger partial charge in [0.05, 0.1) is 5.75 Å². The van der Waals surface area contributed by atoms with E-state index in [0.717, 1.165) is 30.8 Å². The van der Waals surface area contributed by atoms with E-state index in [0.29, 0.717) is 13.0 Å². The summed E-state index contributed by atoms with van der Waals surface area (Å²) in [7, 11) is -3.15. The molecule has 1 heterocycles. The van der Waals surface area contributed by atoms with Gasteiger partial charge in [-0.05, 0) is 57.8 Å².